The van der Waals surface area contributed by atoms with E-state index in [1.807, 2.05) is 12.1 Å². The van der Waals surface area contributed by atoms with E-state index in [1.165, 1.54) is 22.4 Å². The lowest BCUT2D eigenvalue weighted by atomic mass is 10.0. The van der Waals surface area contributed by atoms with Crippen molar-refractivity contribution in [1.82, 2.24) is 0 Å². The fourth-order valence-electron chi connectivity index (χ4n) is 2.26. The number of hydrogen-bond donors (Lipinski definition) is 1. The molecular formula is C15H18BrNO. The Bertz CT molecular complexity index is 536. The first kappa shape index (κ1) is 13.2. The van der Waals surface area contributed by atoms with E-state index in [1.54, 1.807) is 0 Å². The highest BCUT2D eigenvalue weighted by Crippen LogP contribution is 2.28. The lowest BCUT2D eigenvalue weighted by Gasteiger charge is -2.18. The minimum absolute atomic E-state index is 0.149. The van der Waals surface area contributed by atoms with Crippen molar-refractivity contribution in [1.29, 1.82) is 0 Å². The van der Waals surface area contributed by atoms with Crippen LogP contribution >= 0.6 is 15.9 Å². The number of anilines is 1. The highest BCUT2D eigenvalue weighted by Gasteiger charge is 2.12. The zero-order chi connectivity index (χ0) is 13.3. The van der Waals surface area contributed by atoms with Gasteiger partial charge in [0.25, 0.3) is 0 Å². The lowest BCUT2D eigenvalue weighted by Crippen LogP contribution is -2.08. The first-order valence-corrected chi connectivity index (χ1v) is 6.86. The maximum Gasteiger partial charge on any atom is 0.169 e. The summed E-state index contributed by atoms with van der Waals surface area (Å²) in [5.41, 5.74) is 5.03. The number of hydrogen-bond acceptors (Lipinski definition) is 2. The van der Waals surface area contributed by atoms with E-state index in [0.717, 1.165) is 10.4 Å². The molecule has 1 aromatic carbocycles. The minimum atomic E-state index is 0.149. The summed E-state index contributed by atoms with van der Waals surface area (Å²) in [6.07, 6.45) is 0. The molecule has 2 rings (SSSR count). The second-order valence-corrected chi connectivity index (χ2v) is 5.56. The average molecular weight is 308 g/mol. The van der Waals surface area contributed by atoms with E-state index < -0.39 is 0 Å². The molecule has 2 aromatic rings. The summed E-state index contributed by atoms with van der Waals surface area (Å²) in [6, 6.07) is 8.44. The average Bonchev–Trinajstić information content (AvgIpc) is 2.70. The molecule has 1 heterocycles. The van der Waals surface area contributed by atoms with Crippen LogP contribution in [0.5, 0.6) is 0 Å². The van der Waals surface area contributed by atoms with Gasteiger partial charge in [-0.05, 0) is 66.9 Å². The Balaban J connectivity index is 2.24. The van der Waals surface area contributed by atoms with E-state index in [4.69, 9.17) is 4.42 Å². The van der Waals surface area contributed by atoms with Crippen molar-refractivity contribution in [3.05, 3.63) is 51.4 Å². The summed E-state index contributed by atoms with van der Waals surface area (Å²) in [7, 11) is 0. The highest BCUT2D eigenvalue weighted by atomic mass is 79.9. The van der Waals surface area contributed by atoms with Gasteiger partial charge in [0.05, 0.1) is 6.04 Å². The lowest BCUT2D eigenvalue weighted by molar-refractivity contribution is 0.471. The molecule has 0 amide bonds. The molecule has 0 aliphatic heterocycles. The Morgan fingerprint density at radius 1 is 1.11 bits per heavy atom. The van der Waals surface area contributed by atoms with Gasteiger partial charge >= 0.3 is 0 Å². The van der Waals surface area contributed by atoms with Crippen molar-refractivity contribution in [3.63, 3.8) is 0 Å². The van der Waals surface area contributed by atoms with Crippen LogP contribution < -0.4 is 5.32 Å². The summed E-state index contributed by atoms with van der Waals surface area (Å²) in [6.45, 7) is 8.49. The molecule has 96 valence electrons. The highest BCUT2D eigenvalue weighted by molar-refractivity contribution is 9.10. The van der Waals surface area contributed by atoms with Crippen LogP contribution in [0.2, 0.25) is 0 Å². The Kier molecular flexibility index (Phi) is 3.81. The van der Waals surface area contributed by atoms with Gasteiger partial charge in [-0.1, -0.05) is 17.7 Å². The van der Waals surface area contributed by atoms with Crippen molar-refractivity contribution >= 4 is 21.6 Å². The molecule has 1 atom stereocenters. The van der Waals surface area contributed by atoms with Crippen LogP contribution in [0.3, 0.4) is 0 Å². The first-order chi connectivity index (χ1) is 8.47. The topological polar surface area (TPSA) is 25.2 Å². The summed E-state index contributed by atoms with van der Waals surface area (Å²) in [4.78, 5) is 0. The van der Waals surface area contributed by atoms with E-state index in [-0.39, 0.29) is 6.04 Å². The number of halogens is 1. The largest absolute Gasteiger partial charge is 0.452 e. The SMILES string of the molecule is Cc1cc(C)c(NC(C)c2ccc(Br)o2)c(C)c1. The van der Waals surface area contributed by atoms with Gasteiger partial charge in [-0.25, -0.2) is 0 Å². The van der Waals surface area contributed by atoms with Gasteiger partial charge < -0.3 is 9.73 Å². The number of nitrogens with one attached hydrogen (secondary N) is 1. The summed E-state index contributed by atoms with van der Waals surface area (Å²) in [5.74, 6) is 0.932. The van der Waals surface area contributed by atoms with Gasteiger partial charge in [0, 0.05) is 5.69 Å². The van der Waals surface area contributed by atoms with Gasteiger partial charge in [0.2, 0.25) is 0 Å². The fourth-order valence-corrected chi connectivity index (χ4v) is 2.58. The van der Waals surface area contributed by atoms with Crippen LogP contribution in [0, 0.1) is 20.8 Å². The summed E-state index contributed by atoms with van der Waals surface area (Å²) < 4.78 is 6.34. The second kappa shape index (κ2) is 5.19. The Hall–Kier alpha value is -1.22. The van der Waals surface area contributed by atoms with Crippen molar-refractivity contribution in [3.8, 4) is 0 Å². The molecular weight excluding hydrogens is 290 g/mol. The molecule has 0 saturated heterocycles. The minimum Gasteiger partial charge on any atom is -0.452 e. The molecule has 0 spiro atoms. The van der Waals surface area contributed by atoms with Gasteiger partial charge in [-0.3, -0.25) is 0 Å². The van der Waals surface area contributed by atoms with Crippen LogP contribution in [0.1, 0.15) is 35.4 Å². The zero-order valence-electron chi connectivity index (χ0n) is 11.2. The van der Waals surface area contributed by atoms with Crippen molar-refractivity contribution in [2.45, 2.75) is 33.7 Å². The monoisotopic (exact) mass is 307 g/mol. The predicted octanol–water partition coefficient (Wildman–Crippen LogP) is 5.14. The molecule has 1 N–H and O–H groups in total. The Morgan fingerprint density at radius 3 is 2.22 bits per heavy atom. The smallest absolute Gasteiger partial charge is 0.169 e. The molecule has 0 aliphatic carbocycles. The van der Waals surface area contributed by atoms with E-state index in [0.29, 0.717) is 0 Å². The van der Waals surface area contributed by atoms with E-state index >= 15 is 0 Å². The normalized spacial score (nSPS) is 12.5. The number of rotatable bonds is 3. The van der Waals surface area contributed by atoms with E-state index in [9.17, 15) is 0 Å². The number of aryl methyl sites for hydroxylation is 3. The van der Waals surface area contributed by atoms with Gasteiger partial charge in [0.1, 0.15) is 5.76 Å². The molecule has 1 aromatic heterocycles. The molecule has 1 unspecified atom stereocenters. The third-order valence-corrected chi connectivity index (χ3v) is 3.48. The van der Waals surface area contributed by atoms with Crippen LogP contribution in [-0.4, -0.2) is 0 Å². The summed E-state index contributed by atoms with van der Waals surface area (Å²) >= 11 is 3.33. The predicted molar refractivity (Wildman–Crippen MR) is 79.1 cm³/mol. The fraction of sp³-hybridized carbons (Fsp3) is 0.333. The van der Waals surface area contributed by atoms with Crippen LogP contribution in [0.25, 0.3) is 0 Å². The maximum absolute atomic E-state index is 5.58. The van der Waals surface area contributed by atoms with Crippen LogP contribution in [0.15, 0.2) is 33.4 Å². The first-order valence-electron chi connectivity index (χ1n) is 6.07. The van der Waals surface area contributed by atoms with Crippen LogP contribution in [0.4, 0.5) is 5.69 Å². The molecule has 3 heteroatoms. The van der Waals surface area contributed by atoms with Crippen LogP contribution in [-0.2, 0) is 0 Å². The molecule has 2 nitrogen and oxygen atoms in total. The molecule has 0 aliphatic rings. The second-order valence-electron chi connectivity index (χ2n) is 4.78. The molecule has 0 fully saturated rings. The number of furan rings is 1. The molecule has 0 bridgehead atoms. The summed E-state index contributed by atoms with van der Waals surface area (Å²) in [5, 5.41) is 3.52. The maximum atomic E-state index is 5.58. The molecule has 18 heavy (non-hydrogen) atoms. The standard InChI is InChI=1S/C15H18BrNO/c1-9-7-10(2)15(11(3)8-9)17-12(4)13-5-6-14(16)18-13/h5-8,12,17H,1-4H3. The Labute approximate surface area is 117 Å². The van der Waals surface area contributed by atoms with Gasteiger partial charge in [0.15, 0.2) is 4.67 Å². The molecule has 0 radical (unpaired) electrons. The van der Waals surface area contributed by atoms with Gasteiger partial charge in [-0.15, -0.1) is 0 Å². The van der Waals surface area contributed by atoms with Crippen molar-refractivity contribution in [2.24, 2.45) is 0 Å². The Morgan fingerprint density at radius 2 is 1.72 bits per heavy atom. The van der Waals surface area contributed by atoms with Gasteiger partial charge in [-0.2, -0.15) is 0 Å². The van der Waals surface area contributed by atoms with E-state index in [2.05, 4.69) is 61.1 Å². The van der Waals surface area contributed by atoms with Crippen molar-refractivity contribution < 1.29 is 4.42 Å². The zero-order valence-corrected chi connectivity index (χ0v) is 12.8. The molecule has 0 saturated carbocycles. The van der Waals surface area contributed by atoms with Crippen molar-refractivity contribution in [2.75, 3.05) is 5.32 Å². The third-order valence-electron chi connectivity index (χ3n) is 3.06. The third kappa shape index (κ3) is 2.78. The quantitative estimate of drug-likeness (QED) is 0.849. The number of benzene rings is 1.